The lowest BCUT2D eigenvalue weighted by Gasteiger charge is -2.39. The SMILES string of the molecule is C=CCCCCOC(=O)[C@H]1[C@H]2C(=O)N([C@H](CO)c3ccccc3)C(C(=O)N(CC=C)Cc3ccccc3)C23CC[C@]1(CC)O3. The second-order valence-electron chi connectivity index (χ2n) is 12.1. The Kier molecular flexibility index (Phi) is 9.71. The van der Waals surface area contributed by atoms with Gasteiger partial charge in [0.25, 0.3) is 0 Å². The van der Waals surface area contributed by atoms with Gasteiger partial charge in [0.1, 0.15) is 17.6 Å². The van der Waals surface area contributed by atoms with E-state index in [1.165, 1.54) is 4.90 Å². The Morgan fingerprint density at radius 3 is 2.43 bits per heavy atom. The van der Waals surface area contributed by atoms with Crippen molar-refractivity contribution in [3.63, 3.8) is 0 Å². The number of benzene rings is 2. The molecule has 2 amide bonds. The molecule has 2 aromatic carbocycles. The summed E-state index contributed by atoms with van der Waals surface area (Å²) in [4.78, 5) is 46.6. The number of allylic oxidation sites excluding steroid dienone is 1. The Labute approximate surface area is 260 Å². The van der Waals surface area contributed by atoms with Crippen molar-refractivity contribution in [2.24, 2.45) is 11.8 Å². The fraction of sp³-hybridized carbons (Fsp3) is 0.472. The van der Waals surface area contributed by atoms with Gasteiger partial charge in [0.05, 0.1) is 30.8 Å². The number of esters is 1. The number of unbranched alkanes of at least 4 members (excludes halogenated alkanes) is 2. The van der Waals surface area contributed by atoms with Crippen molar-refractivity contribution in [2.75, 3.05) is 19.8 Å². The molecule has 3 heterocycles. The van der Waals surface area contributed by atoms with E-state index in [1.54, 1.807) is 11.0 Å². The first-order chi connectivity index (χ1) is 21.4. The molecule has 1 spiro atoms. The van der Waals surface area contributed by atoms with Gasteiger partial charge in [0.15, 0.2) is 0 Å². The lowest BCUT2D eigenvalue weighted by molar-refractivity contribution is -0.164. The molecule has 2 unspecified atom stereocenters. The summed E-state index contributed by atoms with van der Waals surface area (Å²) in [5.74, 6) is -2.83. The maximum atomic E-state index is 14.8. The molecule has 234 valence electrons. The molecule has 3 saturated heterocycles. The minimum atomic E-state index is -1.23. The lowest BCUT2D eigenvalue weighted by atomic mass is 9.65. The van der Waals surface area contributed by atoms with Crippen LogP contribution >= 0.6 is 0 Å². The normalized spacial score (nSPS) is 27.5. The van der Waals surface area contributed by atoms with Crippen LogP contribution in [0.4, 0.5) is 0 Å². The molecule has 2 aromatic rings. The van der Waals surface area contributed by atoms with Crippen LogP contribution < -0.4 is 0 Å². The first kappa shape index (κ1) is 31.7. The molecule has 8 heteroatoms. The van der Waals surface area contributed by atoms with E-state index >= 15 is 0 Å². The van der Waals surface area contributed by atoms with E-state index in [2.05, 4.69) is 13.2 Å². The van der Waals surface area contributed by atoms with Crippen molar-refractivity contribution in [2.45, 2.75) is 75.3 Å². The number of hydrogen-bond acceptors (Lipinski definition) is 6. The van der Waals surface area contributed by atoms with Crippen LogP contribution in [-0.4, -0.2) is 69.7 Å². The van der Waals surface area contributed by atoms with Crippen LogP contribution in [0.25, 0.3) is 0 Å². The maximum absolute atomic E-state index is 14.8. The number of rotatable bonds is 15. The molecule has 3 fully saturated rings. The van der Waals surface area contributed by atoms with Gasteiger partial charge >= 0.3 is 5.97 Å². The van der Waals surface area contributed by atoms with Crippen molar-refractivity contribution >= 4 is 17.8 Å². The minimum absolute atomic E-state index is 0.246. The fourth-order valence-corrected chi connectivity index (χ4v) is 7.68. The third kappa shape index (κ3) is 5.50. The predicted octanol–water partition coefficient (Wildman–Crippen LogP) is 4.99. The molecule has 0 aliphatic carbocycles. The van der Waals surface area contributed by atoms with Crippen LogP contribution in [0.2, 0.25) is 0 Å². The number of carbonyl (C=O) groups excluding carboxylic acids is 3. The Balaban J connectivity index is 1.57. The number of aliphatic hydroxyl groups excluding tert-OH is 1. The van der Waals surface area contributed by atoms with Crippen molar-refractivity contribution < 1.29 is 29.0 Å². The predicted molar refractivity (Wildman–Crippen MR) is 167 cm³/mol. The third-order valence-corrected chi connectivity index (χ3v) is 9.72. The quantitative estimate of drug-likeness (QED) is 0.176. The molecule has 5 rings (SSSR count). The first-order valence-corrected chi connectivity index (χ1v) is 15.8. The van der Waals surface area contributed by atoms with Crippen molar-refractivity contribution in [1.29, 1.82) is 0 Å². The molecule has 2 bridgehead atoms. The van der Waals surface area contributed by atoms with E-state index < -0.39 is 41.1 Å². The van der Waals surface area contributed by atoms with Gasteiger partial charge in [-0.3, -0.25) is 14.4 Å². The summed E-state index contributed by atoms with van der Waals surface area (Å²) in [6.07, 6.45) is 7.38. The van der Waals surface area contributed by atoms with Gasteiger partial charge in [-0.15, -0.1) is 13.2 Å². The second-order valence-corrected chi connectivity index (χ2v) is 12.1. The van der Waals surface area contributed by atoms with Crippen LogP contribution in [-0.2, 0) is 30.4 Å². The molecular formula is C36H44N2O6. The summed E-state index contributed by atoms with van der Waals surface area (Å²) in [5.41, 5.74) is -0.478. The van der Waals surface area contributed by atoms with Gasteiger partial charge in [-0.2, -0.15) is 0 Å². The van der Waals surface area contributed by atoms with E-state index in [0.29, 0.717) is 37.8 Å². The fourth-order valence-electron chi connectivity index (χ4n) is 7.68. The number of carbonyl (C=O) groups is 3. The third-order valence-electron chi connectivity index (χ3n) is 9.72. The van der Waals surface area contributed by atoms with E-state index in [9.17, 15) is 19.5 Å². The minimum Gasteiger partial charge on any atom is -0.465 e. The number of hydrogen-bond donors (Lipinski definition) is 1. The summed E-state index contributed by atoms with van der Waals surface area (Å²) in [5, 5.41) is 10.7. The van der Waals surface area contributed by atoms with Crippen LogP contribution in [0.1, 0.15) is 62.6 Å². The highest BCUT2D eigenvalue weighted by molar-refractivity contribution is 5.99. The van der Waals surface area contributed by atoms with E-state index in [4.69, 9.17) is 9.47 Å². The number of fused-ring (bicyclic) bond motifs is 1. The molecule has 1 N–H and O–H groups in total. The zero-order valence-electron chi connectivity index (χ0n) is 25.6. The molecule has 0 aromatic heterocycles. The molecular weight excluding hydrogens is 556 g/mol. The summed E-state index contributed by atoms with van der Waals surface area (Å²) in [6.45, 7) is 10.0. The summed E-state index contributed by atoms with van der Waals surface area (Å²) >= 11 is 0. The highest BCUT2D eigenvalue weighted by Gasteiger charge is 2.79. The number of aliphatic hydroxyl groups is 1. The topological polar surface area (TPSA) is 96.4 Å². The number of nitrogens with zero attached hydrogens (tertiary/aromatic N) is 2. The summed E-state index contributed by atoms with van der Waals surface area (Å²) in [7, 11) is 0. The molecule has 3 aliphatic heterocycles. The van der Waals surface area contributed by atoms with Crippen LogP contribution in [0, 0.1) is 11.8 Å². The number of ether oxygens (including phenoxy) is 2. The summed E-state index contributed by atoms with van der Waals surface area (Å²) < 4.78 is 12.7. The molecule has 44 heavy (non-hydrogen) atoms. The standard InChI is InChI=1S/C36H44N2O6/c1-4-7-8-15-23-43-34(42)30-29-32(40)38(28(25-39)27-18-13-10-14-19-27)31(36(29)21-20-35(30,6-3)44-36)33(41)37(22-5-2)24-26-16-11-9-12-17-26/h4-5,9-14,16-19,28-31,39H,1-2,6-8,15,20-25H2,3H3/t28-,29+,30-,31?,35+,36?/m1/s1. The summed E-state index contributed by atoms with van der Waals surface area (Å²) in [6, 6.07) is 17.1. The first-order valence-electron chi connectivity index (χ1n) is 15.8. The average Bonchev–Trinajstić information content (AvgIpc) is 3.65. The molecule has 0 radical (unpaired) electrons. The highest BCUT2D eigenvalue weighted by atomic mass is 16.6. The van der Waals surface area contributed by atoms with Crippen molar-refractivity contribution in [1.82, 2.24) is 9.80 Å². The largest absolute Gasteiger partial charge is 0.465 e. The lowest BCUT2D eigenvalue weighted by Crippen LogP contribution is -2.57. The van der Waals surface area contributed by atoms with Crippen LogP contribution in [0.15, 0.2) is 86.0 Å². The van der Waals surface area contributed by atoms with Crippen molar-refractivity contribution in [3.05, 3.63) is 97.1 Å². The second kappa shape index (κ2) is 13.5. The Hall–Kier alpha value is -3.75. The average molecular weight is 601 g/mol. The number of likely N-dealkylation sites (tertiary alicyclic amines) is 1. The van der Waals surface area contributed by atoms with Gasteiger partial charge in [-0.25, -0.2) is 0 Å². The van der Waals surface area contributed by atoms with Crippen LogP contribution in [0.3, 0.4) is 0 Å². The smallest absolute Gasteiger partial charge is 0.312 e. The van der Waals surface area contributed by atoms with Gasteiger partial charge < -0.3 is 24.4 Å². The van der Waals surface area contributed by atoms with Gasteiger partial charge in [0, 0.05) is 13.1 Å². The number of amides is 2. The molecule has 8 nitrogen and oxygen atoms in total. The zero-order valence-corrected chi connectivity index (χ0v) is 25.6. The van der Waals surface area contributed by atoms with E-state index in [1.807, 2.05) is 73.7 Å². The molecule has 3 aliphatic rings. The van der Waals surface area contributed by atoms with E-state index in [0.717, 1.165) is 18.4 Å². The molecule has 6 atom stereocenters. The van der Waals surface area contributed by atoms with Gasteiger partial charge in [0.2, 0.25) is 11.8 Å². The van der Waals surface area contributed by atoms with Gasteiger partial charge in [-0.1, -0.05) is 79.7 Å². The Morgan fingerprint density at radius 2 is 1.80 bits per heavy atom. The van der Waals surface area contributed by atoms with Gasteiger partial charge in [-0.05, 0) is 49.7 Å². The van der Waals surface area contributed by atoms with Crippen molar-refractivity contribution in [3.8, 4) is 0 Å². The molecule has 0 saturated carbocycles. The highest BCUT2D eigenvalue weighted by Crippen LogP contribution is 2.65. The monoisotopic (exact) mass is 600 g/mol. The van der Waals surface area contributed by atoms with E-state index in [-0.39, 0.29) is 31.6 Å². The maximum Gasteiger partial charge on any atom is 0.312 e. The van der Waals surface area contributed by atoms with Crippen LogP contribution in [0.5, 0.6) is 0 Å². The Morgan fingerprint density at radius 1 is 1.09 bits per heavy atom. The Bertz CT molecular complexity index is 1350. The zero-order chi connectivity index (χ0) is 31.3.